The molecule has 16 heavy (non-hydrogen) atoms. The van der Waals surface area contributed by atoms with Crippen molar-refractivity contribution in [2.24, 2.45) is 11.3 Å². The Labute approximate surface area is 101 Å². The van der Waals surface area contributed by atoms with Crippen LogP contribution < -0.4 is 0 Å². The molecule has 0 aromatic carbocycles. The molecule has 1 aliphatic heterocycles. The molecule has 1 unspecified atom stereocenters. The summed E-state index contributed by atoms with van der Waals surface area (Å²) in [6.07, 6.45) is 1.25. The molecule has 0 aromatic rings. The van der Waals surface area contributed by atoms with Gasteiger partial charge in [0.25, 0.3) is 0 Å². The van der Waals surface area contributed by atoms with Gasteiger partial charge < -0.3 is 0 Å². The molecule has 0 amide bonds. The van der Waals surface area contributed by atoms with Crippen molar-refractivity contribution in [2.45, 2.75) is 60.2 Å². The Kier molecular flexibility index (Phi) is 2.46. The Morgan fingerprint density at radius 3 is 2.19 bits per heavy atom. The first-order valence-electron chi connectivity index (χ1n) is 6.52. The van der Waals surface area contributed by atoms with Crippen LogP contribution in [-0.2, 0) is 0 Å². The first kappa shape index (κ1) is 12.0. The average molecular weight is 215 g/mol. The largest absolute Gasteiger partial charge is 0.163 e. The van der Waals surface area contributed by atoms with E-state index >= 15 is 0 Å². The van der Waals surface area contributed by atoms with Gasteiger partial charge in [0.2, 0.25) is 0 Å². The molecule has 0 saturated carbocycles. The van der Waals surface area contributed by atoms with E-state index in [-0.39, 0.29) is 0 Å². The van der Waals surface area contributed by atoms with Crippen LogP contribution in [0.5, 0.6) is 0 Å². The van der Waals surface area contributed by atoms with Crippen LogP contribution in [0.3, 0.4) is 0 Å². The monoisotopic (exact) mass is 215 g/mol. The van der Waals surface area contributed by atoms with E-state index in [1.54, 1.807) is 22.2 Å². The van der Waals surface area contributed by atoms with Gasteiger partial charge in [0.15, 0.2) is 7.28 Å². The van der Waals surface area contributed by atoms with E-state index in [9.17, 15) is 0 Å². The second-order valence-corrected chi connectivity index (χ2v) is 6.94. The summed E-state index contributed by atoms with van der Waals surface area (Å²) < 4.78 is 0. The first-order valence-corrected chi connectivity index (χ1v) is 6.52. The standard InChI is InChI=1S/C15H24B/c1-8-10-11(14(3,4)5)9(2)13-12(10)15(6,7)16-13/h10H,8H2,1-7H3. The molecule has 0 aromatic heterocycles. The lowest BCUT2D eigenvalue weighted by molar-refractivity contribution is 0.430. The van der Waals surface area contributed by atoms with Crippen molar-refractivity contribution in [3.05, 3.63) is 22.2 Å². The van der Waals surface area contributed by atoms with Crippen molar-refractivity contribution in [3.63, 3.8) is 0 Å². The molecule has 0 N–H and O–H groups in total. The highest BCUT2D eigenvalue weighted by atomic mass is 14.5. The van der Waals surface area contributed by atoms with Crippen LogP contribution >= 0.6 is 0 Å². The molecule has 0 spiro atoms. The fraction of sp³-hybridized carbons (Fsp3) is 0.733. The lowest BCUT2D eigenvalue weighted by atomic mass is 9.35. The van der Waals surface area contributed by atoms with Crippen LogP contribution in [0.2, 0.25) is 5.31 Å². The van der Waals surface area contributed by atoms with E-state index in [2.05, 4.69) is 55.7 Å². The summed E-state index contributed by atoms with van der Waals surface area (Å²) in [6.45, 7) is 16.4. The molecule has 0 saturated heterocycles. The van der Waals surface area contributed by atoms with Gasteiger partial charge in [0, 0.05) is 5.92 Å². The zero-order valence-corrected chi connectivity index (χ0v) is 11.9. The molecule has 1 atom stereocenters. The van der Waals surface area contributed by atoms with Gasteiger partial charge in [-0.25, -0.2) is 0 Å². The van der Waals surface area contributed by atoms with Gasteiger partial charge in [-0.1, -0.05) is 63.7 Å². The average Bonchev–Trinajstić information content (AvgIpc) is 2.34. The highest BCUT2D eigenvalue weighted by molar-refractivity contribution is 6.57. The van der Waals surface area contributed by atoms with Crippen LogP contribution in [0.1, 0.15) is 54.9 Å². The van der Waals surface area contributed by atoms with Crippen LogP contribution in [-0.4, -0.2) is 7.28 Å². The van der Waals surface area contributed by atoms with Crippen molar-refractivity contribution >= 4 is 7.28 Å². The zero-order valence-electron chi connectivity index (χ0n) is 11.9. The summed E-state index contributed by atoms with van der Waals surface area (Å²) in [5.41, 5.74) is 6.83. The molecule has 0 nitrogen and oxygen atoms in total. The normalized spacial score (nSPS) is 27.8. The molecule has 1 heteroatoms. The predicted molar refractivity (Wildman–Crippen MR) is 72.8 cm³/mol. The van der Waals surface area contributed by atoms with Crippen LogP contribution in [0.25, 0.3) is 0 Å². The third kappa shape index (κ3) is 1.43. The molecule has 2 aliphatic rings. The molecule has 87 valence electrons. The maximum Gasteiger partial charge on any atom is 0.163 e. The fourth-order valence-electron chi connectivity index (χ4n) is 3.78. The first-order chi connectivity index (χ1) is 7.20. The van der Waals surface area contributed by atoms with Gasteiger partial charge >= 0.3 is 0 Å². The Balaban J connectivity index is 2.47. The van der Waals surface area contributed by atoms with Crippen LogP contribution in [0, 0.1) is 11.3 Å². The number of allylic oxidation sites excluding steroid dienone is 4. The third-order valence-corrected chi connectivity index (χ3v) is 4.21. The highest BCUT2D eigenvalue weighted by Crippen LogP contribution is 2.61. The van der Waals surface area contributed by atoms with E-state index in [1.807, 2.05) is 0 Å². The number of rotatable bonds is 1. The lowest BCUT2D eigenvalue weighted by Crippen LogP contribution is -2.32. The predicted octanol–water partition coefficient (Wildman–Crippen LogP) is 4.56. The fourth-order valence-corrected chi connectivity index (χ4v) is 3.78. The Hall–Kier alpha value is -0.455. The van der Waals surface area contributed by atoms with Gasteiger partial charge in [0.1, 0.15) is 0 Å². The SMILES string of the molecule is CCC1C(C(C)(C)C)=C(C)C2=C1C(C)(C)[B]2. The zero-order chi connectivity index (χ0) is 12.3. The Bertz CT molecular complexity index is 388. The Morgan fingerprint density at radius 1 is 1.25 bits per heavy atom. The van der Waals surface area contributed by atoms with E-state index < -0.39 is 0 Å². The summed E-state index contributed by atoms with van der Waals surface area (Å²) in [6, 6.07) is 0. The maximum absolute atomic E-state index is 2.46. The van der Waals surface area contributed by atoms with Crippen molar-refractivity contribution in [1.29, 1.82) is 0 Å². The minimum atomic E-state index is 0.312. The lowest BCUT2D eigenvalue weighted by Gasteiger charge is -2.41. The van der Waals surface area contributed by atoms with Crippen LogP contribution in [0.4, 0.5) is 0 Å². The van der Waals surface area contributed by atoms with Crippen molar-refractivity contribution in [1.82, 2.24) is 0 Å². The van der Waals surface area contributed by atoms with E-state index in [0.717, 1.165) is 0 Å². The van der Waals surface area contributed by atoms with Crippen LogP contribution in [0.15, 0.2) is 22.2 Å². The van der Waals surface area contributed by atoms with Crippen molar-refractivity contribution in [3.8, 4) is 0 Å². The molecule has 2 rings (SSSR count). The Morgan fingerprint density at radius 2 is 1.81 bits per heavy atom. The summed E-state index contributed by atoms with van der Waals surface area (Å²) in [5.74, 6) is 0.704. The van der Waals surface area contributed by atoms with Gasteiger partial charge in [-0.05, 0) is 24.1 Å². The van der Waals surface area contributed by atoms with E-state index in [4.69, 9.17) is 0 Å². The topological polar surface area (TPSA) is 0 Å². The molecule has 1 heterocycles. The molecule has 1 radical (unpaired) electrons. The second kappa shape index (κ2) is 3.27. The second-order valence-electron chi connectivity index (χ2n) is 6.94. The number of hydrogen-bond acceptors (Lipinski definition) is 0. The molecule has 0 bridgehead atoms. The van der Waals surface area contributed by atoms with Crippen molar-refractivity contribution in [2.75, 3.05) is 0 Å². The maximum atomic E-state index is 2.46. The minimum absolute atomic E-state index is 0.312. The van der Waals surface area contributed by atoms with E-state index in [1.165, 1.54) is 6.42 Å². The minimum Gasteiger partial charge on any atom is -0.0842 e. The van der Waals surface area contributed by atoms with E-state index in [0.29, 0.717) is 16.6 Å². The smallest absolute Gasteiger partial charge is 0.0842 e. The summed E-state index contributed by atoms with van der Waals surface area (Å²) >= 11 is 0. The van der Waals surface area contributed by atoms with Gasteiger partial charge in [-0.2, -0.15) is 0 Å². The summed E-state index contributed by atoms with van der Waals surface area (Å²) in [5, 5.41) is 0.338. The third-order valence-electron chi connectivity index (χ3n) is 4.21. The number of hydrogen-bond donors (Lipinski definition) is 0. The molecular formula is C15H24B. The molecule has 1 aliphatic carbocycles. The highest BCUT2D eigenvalue weighted by Gasteiger charge is 2.48. The van der Waals surface area contributed by atoms with Crippen molar-refractivity contribution < 1.29 is 0 Å². The summed E-state index contributed by atoms with van der Waals surface area (Å²) in [7, 11) is 2.46. The molecule has 0 fully saturated rings. The van der Waals surface area contributed by atoms with Gasteiger partial charge in [-0.15, -0.1) is 0 Å². The van der Waals surface area contributed by atoms with Gasteiger partial charge in [-0.3, -0.25) is 0 Å². The summed E-state index contributed by atoms with van der Waals surface area (Å²) in [4.78, 5) is 0. The quantitative estimate of drug-likeness (QED) is 0.562. The van der Waals surface area contributed by atoms with Gasteiger partial charge in [0.05, 0.1) is 0 Å². The molecular weight excluding hydrogens is 191 g/mol.